The smallest absolute Gasteiger partial charge is 0.326 e. The Morgan fingerprint density at radius 3 is 2.65 bits per heavy atom. The molecule has 0 saturated carbocycles. The summed E-state index contributed by atoms with van der Waals surface area (Å²) < 4.78 is 2.61. The molecule has 0 aliphatic heterocycles. The van der Waals surface area contributed by atoms with E-state index in [4.69, 9.17) is 5.11 Å². The zero-order valence-corrected chi connectivity index (χ0v) is 14.1. The number of carboxylic acid groups (broad SMARTS) is 1. The predicted octanol–water partition coefficient (Wildman–Crippen LogP) is 2.77. The van der Waals surface area contributed by atoms with Crippen molar-refractivity contribution in [3.8, 4) is 0 Å². The van der Waals surface area contributed by atoms with Crippen molar-refractivity contribution < 1.29 is 14.7 Å². The lowest BCUT2D eigenvalue weighted by Gasteiger charge is -2.16. The van der Waals surface area contributed by atoms with Gasteiger partial charge < -0.3 is 15.0 Å². The molecule has 20 heavy (non-hydrogen) atoms. The van der Waals surface area contributed by atoms with Crippen molar-refractivity contribution in [2.45, 2.75) is 32.4 Å². The van der Waals surface area contributed by atoms with Gasteiger partial charge in [0.25, 0.3) is 5.91 Å². The summed E-state index contributed by atoms with van der Waals surface area (Å²) in [6, 6.07) is 0.962. The molecule has 0 aliphatic rings. The van der Waals surface area contributed by atoms with E-state index in [2.05, 4.69) is 21.2 Å². The van der Waals surface area contributed by atoms with Gasteiger partial charge in [-0.1, -0.05) is 0 Å². The van der Waals surface area contributed by atoms with Crippen LogP contribution < -0.4 is 5.32 Å². The first-order chi connectivity index (χ1) is 9.36. The van der Waals surface area contributed by atoms with Gasteiger partial charge in [0.1, 0.15) is 11.7 Å². The molecular weight excluding hydrogens is 344 g/mol. The quantitative estimate of drug-likeness (QED) is 0.782. The van der Waals surface area contributed by atoms with Gasteiger partial charge in [-0.05, 0) is 54.3 Å². The van der Waals surface area contributed by atoms with Crippen LogP contribution in [0.3, 0.4) is 0 Å². The summed E-state index contributed by atoms with van der Waals surface area (Å²) in [4.78, 5) is 23.4. The van der Waals surface area contributed by atoms with Gasteiger partial charge in [0.2, 0.25) is 0 Å². The number of amides is 1. The molecule has 0 aromatic carbocycles. The average Bonchev–Trinajstić information content (AvgIpc) is 2.76. The van der Waals surface area contributed by atoms with Crippen molar-refractivity contribution in [3.63, 3.8) is 0 Å². The molecule has 0 radical (unpaired) electrons. The first kappa shape index (κ1) is 17.1. The number of aliphatic carboxylic acids is 1. The van der Waals surface area contributed by atoms with Crippen LogP contribution in [0.4, 0.5) is 0 Å². The molecule has 0 aliphatic carbocycles. The van der Waals surface area contributed by atoms with E-state index in [1.807, 2.05) is 30.9 Å². The van der Waals surface area contributed by atoms with Crippen LogP contribution in [-0.4, -0.2) is 39.6 Å². The molecule has 1 unspecified atom stereocenters. The fraction of sp³-hybridized carbons (Fsp3) is 0.538. The molecular formula is C13H19BrN2O3S. The molecule has 1 aromatic rings. The van der Waals surface area contributed by atoms with E-state index >= 15 is 0 Å². The van der Waals surface area contributed by atoms with E-state index < -0.39 is 12.0 Å². The molecule has 1 aromatic heterocycles. The third-order valence-electron chi connectivity index (χ3n) is 2.82. The minimum atomic E-state index is -1.01. The molecule has 7 heteroatoms. The SMILES string of the molecule is CSCCC(NC(=O)c1cc(Br)cn1C(C)C)C(=O)O. The zero-order chi connectivity index (χ0) is 15.3. The predicted molar refractivity (Wildman–Crippen MR) is 84.4 cm³/mol. The van der Waals surface area contributed by atoms with E-state index in [-0.39, 0.29) is 11.9 Å². The van der Waals surface area contributed by atoms with Crippen LogP contribution in [0.15, 0.2) is 16.7 Å². The van der Waals surface area contributed by atoms with Gasteiger partial charge in [-0.15, -0.1) is 0 Å². The fourth-order valence-corrected chi connectivity index (χ4v) is 2.69. The summed E-state index contributed by atoms with van der Waals surface area (Å²) in [6.45, 7) is 3.93. The minimum Gasteiger partial charge on any atom is -0.480 e. The number of thioether (sulfide) groups is 1. The summed E-state index contributed by atoms with van der Waals surface area (Å²) in [7, 11) is 0. The van der Waals surface area contributed by atoms with Gasteiger partial charge in [-0.3, -0.25) is 4.79 Å². The molecule has 0 fully saturated rings. The maximum absolute atomic E-state index is 12.2. The van der Waals surface area contributed by atoms with Crippen LogP contribution in [0, 0.1) is 0 Å². The molecule has 1 rings (SSSR count). The number of carbonyl (C=O) groups excluding carboxylic acids is 1. The summed E-state index contributed by atoms with van der Waals surface area (Å²) >= 11 is 4.89. The maximum Gasteiger partial charge on any atom is 0.326 e. The van der Waals surface area contributed by atoms with Crippen molar-refractivity contribution in [1.29, 1.82) is 0 Å². The van der Waals surface area contributed by atoms with Crippen molar-refractivity contribution >= 4 is 39.6 Å². The summed E-state index contributed by atoms with van der Waals surface area (Å²) in [5.41, 5.74) is 0.460. The molecule has 0 saturated heterocycles. The Morgan fingerprint density at radius 2 is 2.15 bits per heavy atom. The van der Waals surface area contributed by atoms with Crippen LogP contribution in [0.25, 0.3) is 0 Å². The monoisotopic (exact) mass is 362 g/mol. The molecule has 1 atom stereocenters. The Bertz CT molecular complexity index is 488. The second-order valence-corrected chi connectivity index (χ2v) is 6.59. The van der Waals surface area contributed by atoms with Gasteiger partial charge in [0.05, 0.1) is 0 Å². The van der Waals surface area contributed by atoms with Crippen LogP contribution in [0.2, 0.25) is 0 Å². The van der Waals surface area contributed by atoms with E-state index in [1.165, 1.54) is 0 Å². The van der Waals surface area contributed by atoms with Gasteiger partial charge >= 0.3 is 5.97 Å². The highest BCUT2D eigenvalue weighted by Gasteiger charge is 2.22. The van der Waals surface area contributed by atoms with Crippen molar-refractivity contribution in [1.82, 2.24) is 9.88 Å². The highest BCUT2D eigenvalue weighted by atomic mass is 79.9. The number of nitrogens with zero attached hydrogens (tertiary/aromatic N) is 1. The van der Waals surface area contributed by atoms with Gasteiger partial charge in [-0.25, -0.2) is 4.79 Å². The van der Waals surface area contributed by atoms with E-state index in [0.29, 0.717) is 17.9 Å². The number of carbonyl (C=O) groups is 2. The Balaban J connectivity index is 2.86. The molecule has 5 nitrogen and oxygen atoms in total. The number of halogens is 1. The Morgan fingerprint density at radius 1 is 1.50 bits per heavy atom. The summed E-state index contributed by atoms with van der Waals surface area (Å²) in [5.74, 6) is -0.682. The molecule has 0 bridgehead atoms. The Hall–Kier alpha value is -0.950. The minimum absolute atomic E-state index is 0.122. The maximum atomic E-state index is 12.2. The van der Waals surface area contributed by atoms with Gasteiger partial charge in [0.15, 0.2) is 0 Å². The number of rotatable bonds is 7. The van der Waals surface area contributed by atoms with E-state index in [9.17, 15) is 9.59 Å². The first-order valence-electron chi connectivity index (χ1n) is 6.26. The van der Waals surface area contributed by atoms with Crippen molar-refractivity contribution in [3.05, 3.63) is 22.4 Å². The van der Waals surface area contributed by atoms with E-state index in [1.54, 1.807) is 17.8 Å². The third-order valence-corrected chi connectivity index (χ3v) is 3.90. The molecule has 2 N–H and O–H groups in total. The van der Waals surface area contributed by atoms with Crippen LogP contribution in [0.1, 0.15) is 36.8 Å². The lowest BCUT2D eigenvalue weighted by atomic mass is 10.2. The standard InChI is InChI=1S/C13H19BrN2O3S/c1-8(2)16-7-9(14)6-11(16)12(17)15-10(13(18)19)4-5-20-3/h6-8,10H,4-5H2,1-3H3,(H,15,17)(H,18,19). The zero-order valence-electron chi connectivity index (χ0n) is 11.7. The summed E-state index contributed by atoms with van der Waals surface area (Å²) in [6.07, 6.45) is 4.13. The summed E-state index contributed by atoms with van der Waals surface area (Å²) in [5, 5.41) is 11.7. The second-order valence-electron chi connectivity index (χ2n) is 4.69. The lowest BCUT2D eigenvalue weighted by Crippen LogP contribution is -2.41. The van der Waals surface area contributed by atoms with Crippen LogP contribution in [-0.2, 0) is 4.79 Å². The van der Waals surface area contributed by atoms with Crippen LogP contribution in [0.5, 0.6) is 0 Å². The number of aromatic nitrogens is 1. The normalized spacial score (nSPS) is 12.4. The van der Waals surface area contributed by atoms with Crippen molar-refractivity contribution in [2.24, 2.45) is 0 Å². The van der Waals surface area contributed by atoms with Crippen molar-refractivity contribution in [2.75, 3.05) is 12.0 Å². The van der Waals surface area contributed by atoms with Gasteiger partial charge in [-0.2, -0.15) is 11.8 Å². The molecule has 112 valence electrons. The van der Waals surface area contributed by atoms with Gasteiger partial charge in [0, 0.05) is 16.7 Å². The lowest BCUT2D eigenvalue weighted by molar-refractivity contribution is -0.139. The highest BCUT2D eigenvalue weighted by molar-refractivity contribution is 9.10. The number of nitrogens with one attached hydrogen (secondary N) is 1. The first-order valence-corrected chi connectivity index (χ1v) is 8.45. The molecule has 1 heterocycles. The van der Waals surface area contributed by atoms with E-state index in [0.717, 1.165) is 4.47 Å². The molecule has 0 spiro atoms. The topological polar surface area (TPSA) is 71.3 Å². The number of hydrogen-bond acceptors (Lipinski definition) is 3. The fourth-order valence-electron chi connectivity index (χ4n) is 1.78. The Kier molecular flexibility index (Phi) is 6.61. The second kappa shape index (κ2) is 7.73. The third kappa shape index (κ3) is 4.56. The molecule has 1 amide bonds. The highest BCUT2D eigenvalue weighted by Crippen LogP contribution is 2.19. The largest absolute Gasteiger partial charge is 0.480 e. The number of carboxylic acids is 1. The Labute approximate surface area is 131 Å². The van der Waals surface area contributed by atoms with Crippen LogP contribution >= 0.6 is 27.7 Å². The number of hydrogen-bond donors (Lipinski definition) is 2. The average molecular weight is 363 g/mol.